The lowest BCUT2D eigenvalue weighted by Gasteiger charge is -2.05. The number of carbonyl (C=O) groups is 1. The minimum atomic E-state index is -0.904. The third-order valence-corrected chi connectivity index (χ3v) is 2.73. The number of fused-ring (bicyclic) bond motifs is 1. The number of carboxylic acid groups (broad SMARTS) is 1. The van der Waals surface area contributed by atoms with Crippen LogP contribution in [-0.2, 0) is 4.79 Å². The lowest BCUT2D eigenvalue weighted by atomic mass is 10.4. The predicted octanol–water partition coefficient (Wildman–Crippen LogP) is 0.984. The number of carboxylic acids is 1. The highest BCUT2D eigenvalue weighted by molar-refractivity contribution is 7.20. The maximum Gasteiger partial charge on any atom is 0.325 e. The highest BCUT2D eigenvalue weighted by Gasteiger charge is 2.13. The maximum absolute atomic E-state index is 10.6. The molecule has 0 bridgehead atoms. The fourth-order valence-electron chi connectivity index (χ4n) is 1.11. The smallest absolute Gasteiger partial charge is 0.325 e. The average molecular weight is 226 g/mol. The van der Waals surface area contributed by atoms with Crippen LogP contribution in [0.5, 0.6) is 0 Å². The van der Waals surface area contributed by atoms with Gasteiger partial charge in [0.05, 0.1) is 11.9 Å². The van der Waals surface area contributed by atoms with Crippen LogP contribution < -0.4 is 5.32 Å². The summed E-state index contributed by atoms with van der Waals surface area (Å²) in [4.78, 5) is 15.6. The highest BCUT2D eigenvalue weighted by Crippen LogP contribution is 2.19. The summed E-state index contributed by atoms with van der Waals surface area (Å²) in [6, 6.07) is -0.651. The van der Waals surface area contributed by atoms with Gasteiger partial charge in [-0.3, -0.25) is 4.79 Å². The van der Waals surface area contributed by atoms with Crippen molar-refractivity contribution in [1.29, 1.82) is 0 Å². The molecule has 0 unspecified atom stereocenters. The summed E-state index contributed by atoms with van der Waals surface area (Å²) < 4.78 is 1.64. The number of rotatable bonds is 3. The number of anilines is 1. The lowest BCUT2D eigenvalue weighted by molar-refractivity contribution is -0.137. The number of hydrogen-bond acceptors (Lipinski definition) is 5. The highest BCUT2D eigenvalue weighted by atomic mass is 32.1. The van der Waals surface area contributed by atoms with Gasteiger partial charge in [0.1, 0.15) is 6.04 Å². The van der Waals surface area contributed by atoms with Gasteiger partial charge >= 0.3 is 5.97 Å². The largest absolute Gasteiger partial charge is 0.480 e. The molecule has 2 N–H and O–H groups in total. The summed E-state index contributed by atoms with van der Waals surface area (Å²) in [5, 5.41) is 16.2. The zero-order valence-corrected chi connectivity index (χ0v) is 9.08. The molecule has 0 aromatic carbocycles. The van der Waals surface area contributed by atoms with Gasteiger partial charge in [-0.25, -0.2) is 9.50 Å². The van der Waals surface area contributed by atoms with Crippen molar-refractivity contribution in [2.75, 3.05) is 5.32 Å². The van der Waals surface area contributed by atoms with E-state index in [4.69, 9.17) is 5.11 Å². The van der Waals surface area contributed by atoms with E-state index < -0.39 is 12.0 Å². The molecule has 0 radical (unpaired) electrons. The number of nitrogens with one attached hydrogen (secondary N) is 1. The predicted molar refractivity (Wildman–Crippen MR) is 56.3 cm³/mol. The van der Waals surface area contributed by atoms with E-state index in [0.717, 1.165) is 10.7 Å². The van der Waals surface area contributed by atoms with Gasteiger partial charge in [-0.2, -0.15) is 0 Å². The maximum atomic E-state index is 10.6. The van der Waals surface area contributed by atoms with Gasteiger partial charge in [0.25, 0.3) is 0 Å². The van der Waals surface area contributed by atoms with Crippen LogP contribution in [0, 0.1) is 6.92 Å². The summed E-state index contributed by atoms with van der Waals surface area (Å²) in [6.45, 7) is 3.45. The number of aliphatic carboxylic acids is 1. The first kappa shape index (κ1) is 9.91. The molecule has 2 aromatic heterocycles. The molecule has 2 rings (SSSR count). The van der Waals surface area contributed by atoms with E-state index in [9.17, 15) is 4.79 Å². The van der Waals surface area contributed by atoms with Crippen LogP contribution >= 0.6 is 11.3 Å². The molecule has 0 fully saturated rings. The second-order valence-corrected chi connectivity index (χ2v) is 4.18. The molecule has 15 heavy (non-hydrogen) atoms. The zero-order chi connectivity index (χ0) is 11.0. The lowest BCUT2D eigenvalue weighted by Crippen LogP contribution is -2.25. The number of imidazole rings is 1. The topological polar surface area (TPSA) is 79.5 Å². The van der Waals surface area contributed by atoms with Crippen LogP contribution in [0.15, 0.2) is 6.20 Å². The molecule has 0 saturated carbocycles. The van der Waals surface area contributed by atoms with Crippen molar-refractivity contribution in [2.45, 2.75) is 19.9 Å². The summed E-state index contributed by atoms with van der Waals surface area (Å²) in [5.41, 5.74) is 0.895. The number of aromatic nitrogens is 3. The summed E-state index contributed by atoms with van der Waals surface area (Å²) in [5.74, 6) is -0.904. The van der Waals surface area contributed by atoms with Crippen LogP contribution in [0.4, 0.5) is 5.13 Å². The molecule has 0 aliphatic rings. The molecule has 0 saturated heterocycles. The molecule has 0 aliphatic heterocycles. The molecule has 80 valence electrons. The van der Waals surface area contributed by atoms with E-state index in [1.807, 2.05) is 6.92 Å². The molecular formula is C8H10N4O2S. The molecule has 7 heteroatoms. The van der Waals surface area contributed by atoms with E-state index >= 15 is 0 Å². The first-order chi connectivity index (χ1) is 7.06. The average Bonchev–Trinajstić information content (AvgIpc) is 2.60. The first-order valence-corrected chi connectivity index (χ1v) is 5.20. The fraction of sp³-hybridized carbons (Fsp3) is 0.375. The SMILES string of the molecule is Cc1cn2nc(N[C@H](C)C(=O)O)sc2n1. The Labute approximate surface area is 89.6 Å². The van der Waals surface area contributed by atoms with Crippen molar-refractivity contribution >= 4 is 27.4 Å². The van der Waals surface area contributed by atoms with Crippen molar-refractivity contribution < 1.29 is 9.90 Å². The standard InChI is InChI=1S/C8H10N4O2S/c1-4-3-12-8(9-4)15-7(11-12)10-5(2)6(13)14/h3,5H,1-2H3,(H,10,11)(H,13,14)/t5-/m1/s1. The second kappa shape index (κ2) is 3.50. The van der Waals surface area contributed by atoms with Gasteiger partial charge in [0, 0.05) is 0 Å². The monoisotopic (exact) mass is 226 g/mol. The third-order valence-electron chi connectivity index (χ3n) is 1.87. The van der Waals surface area contributed by atoms with Crippen LogP contribution in [0.1, 0.15) is 12.6 Å². The van der Waals surface area contributed by atoms with Gasteiger partial charge in [-0.1, -0.05) is 11.3 Å². The van der Waals surface area contributed by atoms with E-state index in [1.54, 1.807) is 17.6 Å². The van der Waals surface area contributed by atoms with Gasteiger partial charge in [0.15, 0.2) is 0 Å². The number of nitrogens with zero attached hydrogens (tertiary/aromatic N) is 3. The summed E-state index contributed by atoms with van der Waals surface area (Å²) in [6.07, 6.45) is 1.79. The minimum absolute atomic E-state index is 0.562. The second-order valence-electron chi connectivity index (χ2n) is 3.22. The molecular weight excluding hydrogens is 216 g/mol. The number of aryl methyl sites for hydroxylation is 1. The van der Waals surface area contributed by atoms with E-state index in [-0.39, 0.29) is 0 Å². The molecule has 0 spiro atoms. The summed E-state index contributed by atoms with van der Waals surface area (Å²) >= 11 is 1.33. The molecule has 6 nitrogen and oxygen atoms in total. The zero-order valence-electron chi connectivity index (χ0n) is 8.26. The first-order valence-electron chi connectivity index (χ1n) is 4.38. The van der Waals surface area contributed by atoms with Gasteiger partial charge < -0.3 is 10.4 Å². The van der Waals surface area contributed by atoms with Crippen molar-refractivity contribution in [3.8, 4) is 0 Å². The molecule has 0 amide bonds. The quantitative estimate of drug-likeness (QED) is 0.815. The Morgan fingerprint density at radius 2 is 2.47 bits per heavy atom. The molecule has 2 heterocycles. The Balaban J connectivity index is 2.22. The van der Waals surface area contributed by atoms with Crippen LogP contribution in [-0.4, -0.2) is 31.7 Å². The molecule has 1 atom stereocenters. The third kappa shape index (κ3) is 1.91. The Kier molecular flexibility index (Phi) is 2.31. The van der Waals surface area contributed by atoms with Gasteiger partial charge in [-0.15, -0.1) is 5.10 Å². The Hall–Kier alpha value is -1.63. The minimum Gasteiger partial charge on any atom is -0.480 e. The Morgan fingerprint density at radius 3 is 3.07 bits per heavy atom. The van der Waals surface area contributed by atoms with E-state index in [0.29, 0.717) is 5.13 Å². The van der Waals surface area contributed by atoms with Crippen LogP contribution in [0.2, 0.25) is 0 Å². The van der Waals surface area contributed by atoms with Crippen molar-refractivity contribution in [3.05, 3.63) is 11.9 Å². The van der Waals surface area contributed by atoms with Crippen LogP contribution in [0.3, 0.4) is 0 Å². The Morgan fingerprint density at radius 1 is 1.73 bits per heavy atom. The normalized spacial score (nSPS) is 12.9. The number of hydrogen-bond donors (Lipinski definition) is 2. The van der Waals surface area contributed by atoms with E-state index in [1.165, 1.54) is 11.3 Å². The van der Waals surface area contributed by atoms with E-state index in [2.05, 4.69) is 15.4 Å². The van der Waals surface area contributed by atoms with Crippen molar-refractivity contribution in [3.63, 3.8) is 0 Å². The fourth-order valence-corrected chi connectivity index (χ4v) is 2.03. The molecule has 2 aromatic rings. The van der Waals surface area contributed by atoms with Gasteiger partial charge in [-0.05, 0) is 13.8 Å². The van der Waals surface area contributed by atoms with Crippen molar-refractivity contribution in [1.82, 2.24) is 14.6 Å². The summed E-state index contributed by atoms with van der Waals surface area (Å²) in [7, 11) is 0. The van der Waals surface area contributed by atoms with Crippen molar-refractivity contribution in [2.24, 2.45) is 0 Å². The molecule has 0 aliphatic carbocycles. The van der Waals surface area contributed by atoms with Gasteiger partial charge in [0.2, 0.25) is 10.1 Å². The Bertz CT molecular complexity index is 472. The van der Waals surface area contributed by atoms with Crippen LogP contribution in [0.25, 0.3) is 4.96 Å².